The minimum absolute atomic E-state index is 0.0739. The van der Waals surface area contributed by atoms with Crippen LogP contribution in [0.5, 0.6) is 5.75 Å². The fourth-order valence-electron chi connectivity index (χ4n) is 2.20. The van der Waals surface area contributed by atoms with Crippen molar-refractivity contribution in [3.8, 4) is 5.75 Å². The van der Waals surface area contributed by atoms with E-state index in [4.69, 9.17) is 21.7 Å². The molecule has 0 heterocycles. The Morgan fingerprint density at radius 2 is 1.85 bits per heavy atom. The van der Waals surface area contributed by atoms with E-state index in [0.717, 1.165) is 0 Å². The molecule has 1 amide bonds. The van der Waals surface area contributed by atoms with E-state index >= 15 is 0 Å². The van der Waals surface area contributed by atoms with Crippen LogP contribution in [0.1, 0.15) is 34.6 Å². The first-order chi connectivity index (χ1) is 12.9. The van der Waals surface area contributed by atoms with Gasteiger partial charge in [-0.25, -0.2) is 4.79 Å². The summed E-state index contributed by atoms with van der Waals surface area (Å²) in [6.07, 6.45) is 0. The number of benzene rings is 2. The quantitative estimate of drug-likeness (QED) is 0.583. The molecule has 0 atom stereocenters. The third kappa shape index (κ3) is 6.07. The number of nitrogens with one attached hydrogen (secondary N) is 2. The average Bonchev–Trinajstić information content (AvgIpc) is 2.66. The number of hydrogen-bond donors (Lipinski definition) is 2. The number of para-hydroxylation sites is 1. The van der Waals surface area contributed by atoms with Crippen molar-refractivity contribution >= 4 is 34.9 Å². The fraction of sp³-hybridized carbons (Fsp3) is 0.250. The van der Waals surface area contributed by atoms with E-state index < -0.39 is 5.97 Å². The van der Waals surface area contributed by atoms with Crippen molar-refractivity contribution in [2.45, 2.75) is 13.8 Å². The maximum atomic E-state index is 12.4. The van der Waals surface area contributed by atoms with Gasteiger partial charge in [0.15, 0.2) is 5.11 Å². The van der Waals surface area contributed by atoms with Gasteiger partial charge in [0.25, 0.3) is 5.91 Å². The maximum Gasteiger partial charge on any atom is 0.339 e. The van der Waals surface area contributed by atoms with Crippen molar-refractivity contribution in [2.24, 2.45) is 5.92 Å². The van der Waals surface area contributed by atoms with Gasteiger partial charge in [-0.05, 0) is 48.5 Å². The lowest BCUT2D eigenvalue weighted by Crippen LogP contribution is -2.34. The summed E-state index contributed by atoms with van der Waals surface area (Å²) in [5, 5.41) is 5.52. The van der Waals surface area contributed by atoms with Crippen molar-refractivity contribution in [3.63, 3.8) is 0 Å². The molecule has 0 aliphatic rings. The molecule has 2 aromatic rings. The van der Waals surface area contributed by atoms with Gasteiger partial charge in [0.1, 0.15) is 5.75 Å². The number of thiocarbonyl (C=S) groups is 1. The first kappa shape index (κ1) is 20.4. The summed E-state index contributed by atoms with van der Waals surface area (Å²) in [5.41, 5.74) is 1.19. The highest BCUT2D eigenvalue weighted by Gasteiger charge is 2.14. The molecule has 0 unspecified atom stereocenters. The van der Waals surface area contributed by atoms with Crippen molar-refractivity contribution in [1.82, 2.24) is 5.32 Å². The molecular weight excluding hydrogens is 364 g/mol. The molecule has 0 spiro atoms. The number of esters is 1. The van der Waals surface area contributed by atoms with Gasteiger partial charge in [-0.2, -0.15) is 0 Å². The largest absolute Gasteiger partial charge is 0.493 e. The van der Waals surface area contributed by atoms with Crippen LogP contribution in [0.4, 0.5) is 5.69 Å². The molecule has 0 fully saturated rings. The minimum atomic E-state index is -0.498. The monoisotopic (exact) mass is 386 g/mol. The number of hydrogen-bond acceptors (Lipinski definition) is 5. The predicted octanol–water partition coefficient (Wildman–Crippen LogP) is 3.63. The second-order valence-corrected chi connectivity index (χ2v) is 6.59. The summed E-state index contributed by atoms with van der Waals surface area (Å²) in [4.78, 5) is 24.2. The van der Waals surface area contributed by atoms with E-state index in [-0.39, 0.29) is 11.0 Å². The molecule has 142 valence electrons. The van der Waals surface area contributed by atoms with Gasteiger partial charge in [0.2, 0.25) is 0 Å². The third-order valence-corrected chi connectivity index (χ3v) is 3.69. The molecular formula is C20H22N2O4S. The normalized spacial score (nSPS) is 10.2. The number of methoxy groups -OCH3 is 1. The van der Waals surface area contributed by atoms with Crippen LogP contribution in [0.2, 0.25) is 0 Å². The van der Waals surface area contributed by atoms with Gasteiger partial charge < -0.3 is 14.8 Å². The molecule has 0 aliphatic heterocycles. The summed E-state index contributed by atoms with van der Waals surface area (Å²) in [5.74, 6) is 0.126. The first-order valence-electron chi connectivity index (χ1n) is 8.43. The van der Waals surface area contributed by atoms with E-state index in [0.29, 0.717) is 35.1 Å². The Hall–Kier alpha value is -2.93. The van der Waals surface area contributed by atoms with Crippen molar-refractivity contribution in [3.05, 3.63) is 59.7 Å². The Labute approximate surface area is 163 Å². The number of ether oxygens (including phenoxy) is 2. The zero-order valence-corrected chi connectivity index (χ0v) is 16.3. The molecule has 0 bridgehead atoms. The summed E-state index contributed by atoms with van der Waals surface area (Å²) in [6.45, 7) is 4.66. The Balaban J connectivity index is 2.03. The molecule has 2 N–H and O–H groups in total. The van der Waals surface area contributed by atoms with Crippen molar-refractivity contribution in [1.29, 1.82) is 0 Å². The lowest BCUT2D eigenvalue weighted by atomic mass is 10.2. The second kappa shape index (κ2) is 9.68. The van der Waals surface area contributed by atoms with E-state index in [1.807, 2.05) is 13.8 Å². The number of anilines is 1. The molecule has 0 radical (unpaired) electrons. The Kier molecular flexibility index (Phi) is 7.31. The van der Waals surface area contributed by atoms with Crippen molar-refractivity contribution < 1.29 is 19.1 Å². The molecule has 6 nitrogen and oxygen atoms in total. The highest BCUT2D eigenvalue weighted by Crippen LogP contribution is 2.17. The first-order valence-corrected chi connectivity index (χ1v) is 8.84. The fourth-order valence-corrected chi connectivity index (χ4v) is 2.40. The van der Waals surface area contributed by atoms with Crippen LogP contribution in [0.15, 0.2) is 48.5 Å². The van der Waals surface area contributed by atoms with E-state index in [9.17, 15) is 9.59 Å². The SMILES string of the molecule is COC(=O)c1ccccc1NC(=S)NC(=O)c1cccc(OCC(C)C)c1. The summed E-state index contributed by atoms with van der Waals surface area (Å²) >= 11 is 5.19. The van der Waals surface area contributed by atoms with Gasteiger partial charge in [-0.15, -0.1) is 0 Å². The summed E-state index contributed by atoms with van der Waals surface area (Å²) in [6, 6.07) is 13.6. The maximum absolute atomic E-state index is 12.4. The third-order valence-electron chi connectivity index (χ3n) is 3.49. The standard InChI is InChI=1S/C20H22N2O4S/c1-13(2)12-26-15-8-6-7-14(11-15)18(23)22-20(27)21-17-10-5-4-9-16(17)19(24)25-3/h4-11,13H,12H2,1-3H3,(H2,21,22,23,27). The van der Waals surface area contributed by atoms with Crippen LogP contribution in [-0.2, 0) is 4.74 Å². The molecule has 0 aromatic heterocycles. The number of carbonyl (C=O) groups is 2. The van der Waals surface area contributed by atoms with Gasteiger partial charge in [0, 0.05) is 5.56 Å². The van der Waals surface area contributed by atoms with Gasteiger partial charge in [-0.3, -0.25) is 10.1 Å². The van der Waals surface area contributed by atoms with E-state index in [1.165, 1.54) is 7.11 Å². The van der Waals surface area contributed by atoms with Gasteiger partial charge in [0.05, 0.1) is 25.0 Å². The van der Waals surface area contributed by atoms with Crippen LogP contribution < -0.4 is 15.4 Å². The van der Waals surface area contributed by atoms with Crippen molar-refractivity contribution in [2.75, 3.05) is 19.0 Å². The van der Waals surface area contributed by atoms with Crippen LogP contribution in [0.25, 0.3) is 0 Å². The number of amides is 1. The minimum Gasteiger partial charge on any atom is -0.493 e. The highest BCUT2D eigenvalue weighted by atomic mass is 32.1. The Morgan fingerprint density at radius 3 is 2.56 bits per heavy atom. The Morgan fingerprint density at radius 1 is 1.11 bits per heavy atom. The highest BCUT2D eigenvalue weighted by molar-refractivity contribution is 7.80. The lowest BCUT2D eigenvalue weighted by Gasteiger charge is -2.13. The number of rotatable bonds is 6. The van der Waals surface area contributed by atoms with Crippen LogP contribution >= 0.6 is 12.2 Å². The van der Waals surface area contributed by atoms with Gasteiger partial charge >= 0.3 is 5.97 Å². The molecule has 7 heteroatoms. The van der Waals surface area contributed by atoms with Crippen LogP contribution in [0.3, 0.4) is 0 Å². The average molecular weight is 386 g/mol. The zero-order valence-electron chi connectivity index (χ0n) is 15.4. The molecule has 2 aromatic carbocycles. The molecule has 27 heavy (non-hydrogen) atoms. The summed E-state index contributed by atoms with van der Waals surface area (Å²) in [7, 11) is 1.30. The molecule has 0 saturated heterocycles. The zero-order chi connectivity index (χ0) is 19.8. The topological polar surface area (TPSA) is 76.7 Å². The molecule has 2 rings (SSSR count). The lowest BCUT2D eigenvalue weighted by molar-refractivity contribution is 0.0602. The smallest absolute Gasteiger partial charge is 0.339 e. The van der Waals surface area contributed by atoms with E-state index in [2.05, 4.69) is 10.6 Å². The summed E-state index contributed by atoms with van der Waals surface area (Å²) < 4.78 is 10.4. The second-order valence-electron chi connectivity index (χ2n) is 6.18. The van der Waals surface area contributed by atoms with E-state index in [1.54, 1.807) is 48.5 Å². The van der Waals surface area contributed by atoms with Crippen LogP contribution in [-0.4, -0.2) is 30.7 Å². The molecule has 0 saturated carbocycles. The predicted molar refractivity (Wildman–Crippen MR) is 108 cm³/mol. The Bertz CT molecular complexity index is 836. The van der Waals surface area contributed by atoms with Crippen LogP contribution in [0, 0.1) is 5.92 Å². The number of carbonyl (C=O) groups excluding carboxylic acids is 2. The van der Waals surface area contributed by atoms with Gasteiger partial charge in [-0.1, -0.05) is 32.0 Å². The molecule has 0 aliphatic carbocycles.